The van der Waals surface area contributed by atoms with Gasteiger partial charge in [0.25, 0.3) is 11.3 Å². The number of benzene rings is 1. The topological polar surface area (TPSA) is 107 Å². The Morgan fingerprint density at radius 1 is 1.23 bits per heavy atom. The number of fused-ring (bicyclic) bond motifs is 1. The predicted molar refractivity (Wildman–Crippen MR) is 101 cm³/mol. The minimum atomic E-state index is -0.243. The van der Waals surface area contributed by atoms with E-state index in [1.165, 1.54) is 33.5 Å². The van der Waals surface area contributed by atoms with Crippen LogP contribution in [0.2, 0.25) is 0 Å². The van der Waals surface area contributed by atoms with Crippen molar-refractivity contribution in [2.24, 2.45) is 0 Å². The highest BCUT2D eigenvalue weighted by Gasteiger charge is 2.11. The molecule has 3 aromatic heterocycles. The van der Waals surface area contributed by atoms with Gasteiger partial charge in [0.05, 0.1) is 11.4 Å². The number of nitrogen functional groups attached to an aromatic ring is 1. The summed E-state index contributed by atoms with van der Waals surface area (Å²) in [5.41, 5.74) is 9.45. The number of nitrogens with one attached hydrogen (secondary N) is 1. The van der Waals surface area contributed by atoms with Crippen molar-refractivity contribution in [2.45, 2.75) is 24.8 Å². The molecule has 9 heteroatoms. The van der Waals surface area contributed by atoms with E-state index < -0.39 is 0 Å². The number of hydrogen-bond acceptors (Lipinski definition) is 6. The minimum absolute atomic E-state index is 0.157. The Morgan fingerprint density at radius 3 is 2.88 bits per heavy atom. The molecule has 0 atom stereocenters. The van der Waals surface area contributed by atoms with Crippen LogP contribution in [0, 0.1) is 13.8 Å². The van der Waals surface area contributed by atoms with Gasteiger partial charge < -0.3 is 5.73 Å². The molecule has 0 radical (unpaired) electrons. The van der Waals surface area contributed by atoms with E-state index in [4.69, 9.17) is 5.73 Å². The number of rotatable bonds is 4. The molecule has 4 rings (SSSR count). The van der Waals surface area contributed by atoms with Crippen molar-refractivity contribution in [2.75, 3.05) is 5.73 Å². The molecule has 0 unspecified atom stereocenters. The number of thioether (sulfide) groups is 1. The maximum Gasteiger partial charge on any atom is 0.274 e. The molecule has 26 heavy (non-hydrogen) atoms. The molecular weight excluding hydrogens is 350 g/mol. The van der Waals surface area contributed by atoms with E-state index in [1.807, 2.05) is 10.8 Å². The molecular formula is C17H17N7OS. The van der Waals surface area contributed by atoms with Crippen LogP contribution < -0.4 is 11.3 Å². The average molecular weight is 367 g/mol. The molecule has 1 aromatic carbocycles. The largest absolute Gasteiger partial charge is 0.368 e. The first-order valence-electron chi connectivity index (χ1n) is 7.99. The van der Waals surface area contributed by atoms with Crippen LogP contribution in [0.5, 0.6) is 0 Å². The lowest BCUT2D eigenvalue weighted by Crippen LogP contribution is -2.15. The number of nitrogens with zero attached hydrogens (tertiary/aromatic N) is 5. The molecule has 0 fully saturated rings. The van der Waals surface area contributed by atoms with Crippen molar-refractivity contribution in [3.63, 3.8) is 0 Å². The van der Waals surface area contributed by atoms with E-state index in [0.29, 0.717) is 11.4 Å². The fourth-order valence-corrected chi connectivity index (χ4v) is 3.67. The third kappa shape index (κ3) is 2.97. The van der Waals surface area contributed by atoms with Crippen molar-refractivity contribution < 1.29 is 0 Å². The predicted octanol–water partition coefficient (Wildman–Crippen LogP) is 2.09. The van der Waals surface area contributed by atoms with Crippen LogP contribution in [0.15, 0.2) is 46.6 Å². The monoisotopic (exact) mass is 367 g/mol. The first-order chi connectivity index (χ1) is 12.5. The average Bonchev–Trinajstić information content (AvgIpc) is 3.19. The van der Waals surface area contributed by atoms with Gasteiger partial charge in [0.1, 0.15) is 0 Å². The Kier molecular flexibility index (Phi) is 4.00. The van der Waals surface area contributed by atoms with E-state index in [9.17, 15) is 4.79 Å². The Hall–Kier alpha value is -3.07. The van der Waals surface area contributed by atoms with Gasteiger partial charge in [-0.05, 0) is 25.5 Å². The van der Waals surface area contributed by atoms with Gasteiger partial charge in [-0.15, -0.1) is 0 Å². The summed E-state index contributed by atoms with van der Waals surface area (Å²) < 4.78 is 3.26. The van der Waals surface area contributed by atoms with Gasteiger partial charge in [0.15, 0.2) is 5.16 Å². The first kappa shape index (κ1) is 16.4. The summed E-state index contributed by atoms with van der Waals surface area (Å²) in [7, 11) is 0. The van der Waals surface area contributed by atoms with Gasteiger partial charge in [-0.3, -0.25) is 14.5 Å². The van der Waals surface area contributed by atoms with Crippen molar-refractivity contribution >= 4 is 23.5 Å². The number of H-pyrrole nitrogens is 1. The molecule has 8 nitrogen and oxygen atoms in total. The van der Waals surface area contributed by atoms with Crippen LogP contribution in [-0.2, 0) is 5.75 Å². The van der Waals surface area contributed by atoms with Gasteiger partial charge in [0, 0.05) is 24.2 Å². The first-order valence-corrected chi connectivity index (χ1v) is 8.98. The summed E-state index contributed by atoms with van der Waals surface area (Å²) in [6.07, 6.45) is 3.70. The zero-order chi connectivity index (χ0) is 18.3. The Balaban J connectivity index is 1.61. The second-order valence-corrected chi connectivity index (χ2v) is 6.93. The fraction of sp³-hybridized carbons (Fsp3) is 0.176. The van der Waals surface area contributed by atoms with Gasteiger partial charge in [-0.2, -0.15) is 9.50 Å². The van der Waals surface area contributed by atoms with Crippen molar-refractivity contribution in [1.29, 1.82) is 0 Å². The number of nitrogens with two attached hydrogens (primary N) is 1. The molecule has 0 aliphatic rings. The van der Waals surface area contributed by atoms with Crippen LogP contribution >= 0.6 is 11.8 Å². The molecule has 0 amide bonds. The molecule has 4 aromatic rings. The highest BCUT2D eigenvalue weighted by molar-refractivity contribution is 7.98. The maximum atomic E-state index is 12.1. The lowest BCUT2D eigenvalue weighted by Gasteiger charge is -2.11. The number of aromatic amines is 1. The zero-order valence-electron chi connectivity index (χ0n) is 14.3. The summed E-state index contributed by atoms with van der Waals surface area (Å²) in [6, 6.07) is 7.78. The van der Waals surface area contributed by atoms with E-state index in [-0.39, 0.29) is 17.3 Å². The summed E-state index contributed by atoms with van der Waals surface area (Å²) in [5.74, 6) is 0.925. The standard InChI is InChI=1S/C17H17N7OS/c1-10-3-4-13(11(2)7-10)23-6-5-19-17(23)26-9-12-8-14(25)24-16(20-12)21-15(18)22-24/h3-8H,9H2,1-2H3,(H3,18,20,21,22). The van der Waals surface area contributed by atoms with E-state index >= 15 is 0 Å². The van der Waals surface area contributed by atoms with Crippen molar-refractivity contribution in [3.8, 4) is 5.69 Å². The highest BCUT2D eigenvalue weighted by Crippen LogP contribution is 2.25. The van der Waals surface area contributed by atoms with Crippen LogP contribution in [0.4, 0.5) is 5.95 Å². The molecule has 0 saturated heterocycles. The molecule has 0 spiro atoms. The van der Waals surface area contributed by atoms with Crippen molar-refractivity contribution in [3.05, 3.63) is 63.8 Å². The van der Waals surface area contributed by atoms with Crippen LogP contribution in [0.1, 0.15) is 16.8 Å². The molecule has 3 N–H and O–H groups in total. The lowest BCUT2D eigenvalue weighted by molar-refractivity contribution is 0.879. The summed E-state index contributed by atoms with van der Waals surface area (Å²) in [6.45, 7) is 4.15. The second kappa shape index (κ2) is 6.34. The zero-order valence-corrected chi connectivity index (χ0v) is 15.1. The third-order valence-electron chi connectivity index (χ3n) is 3.97. The molecule has 0 aliphatic carbocycles. The number of hydrogen-bond donors (Lipinski definition) is 2. The number of imidazole rings is 1. The van der Waals surface area contributed by atoms with Gasteiger partial charge in [-0.1, -0.05) is 29.5 Å². The lowest BCUT2D eigenvalue weighted by atomic mass is 10.1. The Bertz CT molecular complexity index is 1160. The molecule has 0 bridgehead atoms. The molecule has 3 heterocycles. The molecule has 0 saturated carbocycles. The third-order valence-corrected chi connectivity index (χ3v) is 4.97. The number of aryl methyl sites for hydroxylation is 2. The van der Waals surface area contributed by atoms with Gasteiger partial charge in [-0.25, -0.2) is 9.97 Å². The van der Waals surface area contributed by atoms with Crippen molar-refractivity contribution in [1.82, 2.24) is 29.1 Å². The van der Waals surface area contributed by atoms with Gasteiger partial charge >= 0.3 is 0 Å². The second-order valence-electron chi connectivity index (χ2n) is 5.99. The fourth-order valence-electron chi connectivity index (χ4n) is 2.81. The summed E-state index contributed by atoms with van der Waals surface area (Å²) in [4.78, 5) is 24.9. The SMILES string of the molecule is Cc1ccc(-n2ccnc2SCc2cc(=O)n3[nH]c(N)nc3n2)c(C)c1. The van der Waals surface area contributed by atoms with Gasteiger partial charge in [0.2, 0.25) is 5.95 Å². The smallest absolute Gasteiger partial charge is 0.274 e. The van der Waals surface area contributed by atoms with E-state index in [1.54, 1.807) is 6.20 Å². The highest BCUT2D eigenvalue weighted by atomic mass is 32.2. The number of aromatic nitrogens is 6. The number of anilines is 1. The summed E-state index contributed by atoms with van der Waals surface area (Å²) in [5, 5.41) is 3.48. The molecule has 0 aliphatic heterocycles. The van der Waals surface area contributed by atoms with Crippen LogP contribution in [0.3, 0.4) is 0 Å². The quantitative estimate of drug-likeness (QED) is 0.535. The normalized spacial score (nSPS) is 11.3. The van der Waals surface area contributed by atoms with Crippen LogP contribution in [-0.4, -0.2) is 29.1 Å². The Labute approximate surface area is 153 Å². The van der Waals surface area contributed by atoms with E-state index in [0.717, 1.165) is 10.8 Å². The minimum Gasteiger partial charge on any atom is -0.368 e. The summed E-state index contributed by atoms with van der Waals surface area (Å²) >= 11 is 1.51. The van der Waals surface area contributed by atoms with E-state index in [2.05, 4.69) is 52.1 Å². The molecule has 132 valence electrons. The Morgan fingerprint density at radius 2 is 2.08 bits per heavy atom. The van der Waals surface area contributed by atoms with Crippen LogP contribution in [0.25, 0.3) is 11.5 Å². The maximum absolute atomic E-state index is 12.1.